The van der Waals surface area contributed by atoms with E-state index in [1.165, 1.54) is 148 Å². The van der Waals surface area contributed by atoms with Crippen LogP contribution in [0.15, 0.2) is 0 Å². The molecule has 0 rings (SSSR count). The largest absolute Gasteiger partial charge is 0.462 e. The van der Waals surface area contributed by atoms with Crippen LogP contribution in [0.2, 0.25) is 0 Å². The Bertz CT molecular complexity index is 661. The van der Waals surface area contributed by atoms with E-state index in [2.05, 4.69) is 27.7 Å². The highest BCUT2D eigenvalue weighted by atomic mass is 16.6. The van der Waals surface area contributed by atoms with Gasteiger partial charge in [-0.05, 0) is 24.7 Å². The lowest BCUT2D eigenvalue weighted by molar-refractivity contribution is -0.161. The highest BCUT2D eigenvalue weighted by Gasteiger charge is 2.16. The Morgan fingerprint density at radius 2 is 0.702 bits per heavy atom. The monoisotopic (exact) mass is 667 g/mol. The number of aliphatic hydroxyl groups excluding tert-OH is 1. The fourth-order valence-corrected chi connectivity index (χ4v) is 6.34. The molecule has 5 heteroatoms. The second-order valence-electron chi connectivity index (χ2n) is 15.4. The van der Waals surface area contributed by atoms with Gasteiger partial charge in [0.2, 0.25) is 0 Å². The third-order valence-electron chi connectivity index (χ3n) is 9.51. The number of hydrogen-bond donors (Lipinski definition) is 1. The van der Waals surface area contributed by atoms with E-state index in [1.807, 2.05) is 0 Å². The lowest BCUT2D eigenvalue weighted by Gasteiger charge is -2.15. The summed E-state index contributed by atoms with van der Waals surface area (Å²) in [5, 5.41) is 9.56. The van der Waals surface area contributed by atoms with E-state index in [9.17, 15) is 14.7 Å². The van der Waals surface area contributed by atoms with Crippen molar-refractivity contribution in [3.05, 3.63) is 0 Å². The van der Waals surface area contributed by atoms with Crippen LogP contribution in [0.3, 0.4) is 0 Å². The van der Waals surface area contributed by atoms with E-state index in [4.69, 9.17) is 9.47 Å². The van der Waals surface area contributed by atoms with Crippen LogP contribution in [0, 0.1) is 11.8 Å². The van der Waals surface area contributed by atoms with Crippen molar-refractivity contribution in [2.75, 3.05) is 13.2 Å². The summed E-state index contributed by atoms with van der Waals surface area (Å²) in [5.74, 6) is 1.12. The highest BCUT2D eigenvalue weighted by Crippen LogP contribution is 2.17. The fourth-order valence-electron chi connectivity index (χ4n) is 6.34. The standard InChI is InChI=1S/C42H82O5/c1-38(2)32-28-24-20-16-12-9-7-5-6-8-10-14-19-23-27-31-35-42(45)47-40(36-43)37-46-41(44)34-30-26-22-18-15-11-13-17-21-25-29-33-39(3)4/h38-40,43H,5-37H2,1-4H3/t40-/m0/s1. The number of hydrogen-bond acceptors (Lipinski definition) is 5. The Kier molecular flexibility index (Phi) is 35.3. The van der Waals surface area contributed by atoms with Gasteiger partial charge in [-0.25, -0.2) is 0 Å². The average molecular weight is 667 g/mol. The average Bonchev–Trinajstić information content (AvgIpc) is 3.04. The van der Waals surface area contributed by atoms with Gasteiger partial charge in [-0.2, -0.15) is 0 Å². The second-order valence-corrected chi connectivity index (χ2v) is 15.4. The number of carbonyl (C=O) groups excluding carboxylic acids is 2. The molecule has 0 saturated carbocycles. The third kappa shape index (κ3) is 37.6. The van der Waals surface area contributed by atoms with Crippen LogP contribution in [-0.4, -0.2) is 36.4 Å². The Hall–Kier alpha value is -1.10. The molecule has 0 aliphatic rings. The van der Waals surface area contributed by atoms with Crippen molar-refractivity contribution in [2.24, 2.45) is 11.8 Å². The number of carbonyl (C=O) groups is 2. The molecule has 0 unspecified atom stereocenters. The minimum absolute atomic E-state index is 0.0584. The molecule has 1 N–H and O–H groups in total. The van der Waals surface area contributed by atoms with Crippen LogP contribution >= 0.6 is 0 Å². The first kappa shape index (κ1) is 45.9. The molecule has 1 atom stereocenters. The minimum Gasteiger partial charge on any atom is -0.462 e. The molecule has 0 aliphatic carbocycles. The maximum Gasteiger partial charge on any atom is 0.306 e. The molecule has 0 saturated heterocycles. The van der Waals surface area contributed by atoms with Crippen LogP contribution in [-0.2, 0) is 19.1 Å². The van der Waals surface area contributed by atoms with Crippen molar-refractivity contribution in [1.82, 2.24) is 0 Å². The lowest BCUT2D eigenvalue weighted by atomic mass is 10.0. The molecule has 0 aromatic rings. The third-order valence-corrected chi connectivity index (χ3v) is 9.51. The van der Waals surface area contributed by atoms with Gasteiger partial charge in [-0.1, -0.05) is 201 Å². The van der Waals surface area contributed by atoms with Crippen molar-refractivity contribution in [3.8, 4) is 0 Å². The predicted molar refractivity (Wildman–Crippen MR) is 201 cm³/mol. The van der Waals surface area contributed by atoms with Gasteiger partial charge >= 0.3 is 11.9 Å². The van der Waals surface area contributed by atoms with E-state index in [0.29, 0.717) is 12.8 Å². The van der Waals surface area contributed by atoms with E-state index in [1.54, 1.807) is 0 Å². The van der Waals surface area contributed by atoms with E-state index in [0.717, 1.165) is 50.4 Å². The summed E-state index contributed by atoms with van der Waals surface area (Å²) >= 11 is 0. The number of esters is 2. The first-order valence-electron chi connectivity index (χ1n) is 20.8. The zero-order chi connectivity index (χ0) is 34.6. The molecule has 0 amide bonds. The molecule has 0 aliphatic heterocycles. The summed E-state index contributed by atoms with van der Waals surface area (Å²) in [4.78, 5) is 24.3. The molecular weight excluding hydrogens is 584 g/mol. The van der Waals surface area contributed by atoms with Gasteiger partial charge in [0.25, 0.3) is 0 Å². The zero-order valence-electron chi connectivity index (χ0n) is 32.1. The molecule has 0 heterocycles. The summed E-state index contributed by atoms with van der Waals surface area (Å²) in [5.41, 5.74) is 0. The summed E-state index contributed by atoms with van der Waals surface area (Å²) in [6.45, 7) is 8.87. The summed E-state index contributed by atoms with van der Waals surface area (Å²) < 4.78 is 10.6. The Labute approximate surface area is 293 Å². The summed E-state index contributed by atoms with van der Waals surface area (Å²) in [6, 6.07) is 0. The number of aliphatic hydroxyl groups is 1. The van der Waals surface area contributed by atoms with Gasteiger partial charge in [0.15, 0.2) is 6.10 Å². The van der Waals surface area contributed by atoms with Gasteiger partial charge in [0.1, 0.15) is 6.61 Å². The van der Waals surface area contributed by atoms with E-state index >= 15 is 0 Å². The molecular formula is C42H82O5. The van der Waals surface area contributed by atoms with Crippen molar-refractivity contribution >= 4 is 11.9 Å². The van der Waals surface area contributed by atoms with Crippen LogP contribution in [0.5, 0.6) is 0 Å². The fraction of sp³-hybridized carbons (Fsp3) is 0.952. The molecule has 0 bridgehead atoms. The molecule has 0 aromatic heterocycles. The first-order valence-corrected chi connectivity index (χ1v) is 20.8. The first-order chi connectivity index (χ1) is 22.8. The highest BCUT2D eigenvalue weighted by molar-refractivity contribution is 5.70. The maximum atomic E-state index is 12.2. The van der Waals surface area contributed by atoms with Gasteiger partial charge in [-0.15, -0.1) is 0 Å². The predicted octanol–water partition coefficient (Wildman–Crippen LogP) is 12.8. The van der Waals surface area contributed by atoms with Gasteiger partial charge in [0, 0.05) is 12.8 Å². The molecule has 0 fully saturated rings. The van der Waals surface area contributed by atoms with Crippen molar-refractivity contribution < 1.29 is 24.2 Å². The maximum absolute atomic E-state index is 12.2. The Morgan fingerprint density at radius 1 is 0.426 bits per heavy atom. The van der Waals surface area contributed by atoms with Crippen LogP contribution in [0.25, 0.3) is 0 Å². The number of rotatable bonds is 37. The molecule has 0 aromatic carbocycles. The second kappa shape index (κ2) is 36.2. The molecule has 5 nitrogen and oxygen atoms in total. The lowest BCUT2D eigenvalue weighted by Crippen LogP contribution is -2.28. The van der Waals surface area contributed by atoms with E-state index in [-0.39, 0.29) is 25.2 Å². The SMILES string of the molecule is CC(C)CCCCCCCCCCCCCCCCCCC(=O)O[C@@H](CO)COC(=O)CCCCCCCCCCCCCC(C)C. The topological polar surface area (TPSA) is 72.8 Å². The van der Waals surface area contributed by atoms with Gasteiger partial charge in [-0.3, -0.25) is 9.59 Å². The van der Waals surface area contributed by atoms with Crippen molar-refractivity contribution in [2.45, 2.75) is 233 Å². The molecule has 280 valence electrons. The number of unbranched alkanes of at least 4 members (excludes halogenated alkanes) is 25. The van der Waals surface area contributed by atoms with Crippen molar-refractivity contribution in [3.63, 3.8) is 0 Å². The van der Waals surface area contributed by atoms with Crippen molar-refractivity contribution in [1.29, 1.82) is 0 Å². The van der Waals surface area contributed by atoms with Crippen LogP contribution in [0.4, 0.5) is 0 Å². The smallest absolute Gasteiger partial charge is 0.306 e. The zero-order valence-corrected chi connectivity index (χ0v) is 32.1. The minimum atomic E-state index is -0.763. The van der Waals surface area contributed by atoms with E-state index < -0.39 is 6.10 Å². The summed E-state index contributed by atoms with van der Waals surface area (Å²) in [7, 11) is 0. The van der Waals surface area contributed by atoms with Crippen LogP contribution in [0.1, 0.15) is 227 Å². The molecule has 47 heavy (non-hydrogen) atoms. The van der Waals surface area contributed by atoms with Gasteiger partial charge < -0.3 is 14.6 Å². The molecule has 0 spiro atoms. The Morgan fingerprint density at radius 3 is 1.00 bits per heavy atom. The van der Waals surface area contributed by atoms with Crippen LogP contribution < -0.4 is 0 Å². The quantitative estimate of drug-likeness (QED) is 0.0527. The van der Waals surface area contributed by atoms with Gasteiger partial charge in [0.05, 0.1) is 6.61 Å². The summed E-state index contributed by atoms with van der Waals surface area (Å²) in [6.07, 6.45) is 37.4. The normalized spacial score (nSPS) is 12.2. The number of ether oxygens (including phenoxy) is 2. The Balaban J connectivity index is 3.48. The molecule has 0 radical (unpaired) electrons.